The SMILES string of the molecule is Cn1c(-c2ccc(-c3ccc(-c4cnc([C@H]5CC[C@H](Oc6ccc(C#N)c(Cl)c6)CC5)n4C)cc3)cc2)cnc1-c1ccc(C(=O)O)c(C(=O)O)c1. The van der Waals surface area contributed by atoms with Crippen molar-refractivity contribution < 1.29 is 24.5 Å². The molecule has 7 rings (SSSR count). The van der Waals surface area contributed by atoms with Crippen molar-refractivity contribution in [2.45, 2.75) is 37.7 Å². The van der Waals surface area contributed by atoms with E-state index in [0.29, 0.717) is 33.6 Å². The zero-order valence-electron chi connectivity index (χ0n) is 28.5. The van der Waals surface area contributed by atoms with Gasteiger partial charge in [-0.15, -0.1) is 0 Å². The lowest BCUT2D eigenvalue weighted by atomic mass is 9.86. The van der Waals surface area contributed by atoms with Crippen LogP contribution in [0.15, 0.2) is 97.3 Å². The molecule has 2 N–H and O–H groups in total. The Morgan fingerprint density at radius 3 is 1.87 bits per heavy atom. The van der Waals surface area contributed by atoms with Crippen LogP contribution in [0.2, 0.25) is 5.02 Å². The molecule has 1 aliphatic rings. The number of nitriles is 1. The van der Waals surface area contributed by atoms with Gasteiger partial charge in [0.05, 0.1) is 51.6 Å². The van der Waals surface area contributed by atoms with Crippen molar-refractivity contribution in [2.24, 2.45) is 14.1 Å². The quantitative estimate of drug-likeness (QED) is 0.151. The molecule has 0 saturated heterocycles. The van der Waals surface area contributed by atoms with E-state index in [1.54, 1.807) is 30.5 Å². The summed E-state index contributed by atoms with van der Waals surface area (Å²) in [6.07, 6.45) is 7.54. The molecule has 0 spiro atoms. The first-order valence-corrected chi connectivity index (χ1v) is 17.2. The molecule has 11 heteroatoms. The summed E-state index contributed by atoms with van der Waals surface area (Å²) in [5.74, 6) is 0.0337. The van der Waals surface area contributed by atoms with Crippen LogP contribution in [0.3, 0.4) is 0 Å². The number of ether oxygens (including phenoxy) is 1. The lowest BCUT2D eigenvalue weighted by Gasteiger charge is -2.29. The van der Waals surface area contributed by atoms with Crippen molar-refractivity contribution in [3.05, 3.63) is 125 Å². The van der Waals surface area contributed by atoms with Crippen LogP contribution in [0.5, 0.6) is 5.75 Å². The fourth-order valence-corrected chi connectivity index (χ4v) is 7.23. The second kappa shape index (κ2) is 14.2. The number of hydrogen-bond acceptors (Lipinski definition) is 6. The molecule has 0 aliphatic heterocycles. The smallest absolute Gasteiger partial charge is 0.336 e. The highest BCUT2D eigenvalue weighted by molar-refractivity contribution is 6.31. The fourth-order valence-electron chi connectivity index (χ4n) is 7.02. The number of carboxylic acids is 2. The molecule has 260 valence electrons. The molecule has 6 aromatic rings. The average Bonchev–Trinajstić information content (AvgIpc) is 3.73. The first kappa shape index (κ1) is 34.3. The van der Waals surface area contributed by atoms with Crippen molar-refractivity contribution in [1.29, 1.82) is 5.26 Å². The zero-order chi connectivity index (χ0) is 36.5. The van der Waals surface area contributed by atoms with Crippen LogP contribution in [0.1, 0.15) is 63.7 Å². The summed E-state index contributed by atoms with van der Waals surface area (Å²) in [7, 11) is 3.92. The number of hydrogen-bond donors (Lipinski definition) is 2. The molecule has 1 saturated carbocycles. The van der Waals surface area contributed by atoms with Crippen LogP contribution in [-0.4, -0.2) is 47.4 Å². The van der Waals surface area contributed by atoms with Gasteiger partial charge in [-0.25, -0.2) is 19.6 Å². The second-order valence-corrected chi connectivity index (χ2v) is 13.4. The van der Waals surface area contributed by atoms with Gasteiger partial charge in [-0.05, 0) is 72.2 Å². The van der Waals surface area contributed by atoms with E-state index in [1.807, 2.05) is 29.9 Å². The third kappa shape index (κ3) is 6.66. The molecule has 0 bridgehead atoms. The van der Waals surface area contributed by atoms with Crippen LogP contribution in [0.4, 0.5) is 0 Å². The highest BCUT2D eigenvalue weighted by Gasteiger charge is 2.27. The standard InChI is InChI=1S/C41H34ClN5O5/c1-46-36(22-44-38(46)28-11-15-31(16-12-28)52-32-17-13-30(21-43)35(42)20-32)26-7-3-24(4-8-26)25-5-9-27(10-6-25)37-23-45-39(47(37)2)29-14-18-33(40(48)49)34(19-29)41(50)51/h3-10,13-14,17-20,22-23,28,31H,11-12,15-16H2,1-2H3,(H,48,49)(H,50,51)/t28-,31-. The van der Waals surface area contributed by atoms with Gasteiger partial charge < -0.3 is 24.1 Å². The maximum atomic E-state index is 11.7. The van der Waals surface area contributed by atoms with Gasteiger partial charge in [0.25, 0.3) is 0 Å². The second-order valence-electron chi connectivity index (χ2n) is 13.0. The van der Waals surface area contributed by atoms with Crippen LogP contribution in [-0.2, 0) is 14.1 Å². The summed E-state index contributed by atoms with van der Waals surface area (Å²) >= 11 is 6.19. The van der Waals surface area contributed by atoms with E-state index < -0.39 is 11.9 Å². The number of aromatic carboxylic acids is 2. The Morgan fingerprint density at radius 1 is 0.731 bits per heavy atom. The molecule has 0 amide bonds. The molecule has 1 aliphatic carbocycles. The van der Waals surface area contributed by atoms with Gasteiger partial charge in [0.15, 0.2) is 0 Å². The van der Waals surface area contributed by atoms with Gasteiger partial charge in [0, 0.05) is 31.6 Å². The van der Waals surface area contributed by atoms with E-state index >= 15 is 0 Å². The summed E-state index contributed by atoms with van der Waals surface area (Å²) in [6, 6.07) is 28.1. The zero-order valence-corrected chi connectivity index (χ0v) is 29.2. The van der Waals surface area contributed by atoms with E-state index in [0.717, 1.165) is 65.1 Å². The summed E-state index contributed by atoms with van der Waals surface area (Å²) < 4.78 is 10.2. The number of nitrogens with zero attached hydrogens (tertiary/aromatic N) is 5. The third-order valence-corrected chi connectivity index (χ3v) is 10.2. The number of carboxylic acid groups (broad SMARTS) is 2. The predicted octanol–water partition coefficient (Wildman–Crippen LogP) is 8.85. The maximum absolute atomic E-state index is 11.7. The molecular formula is C41H34ClN5O5. The Morgan fingerprint density at radius 2 is 1.29 bits per heavy atom. The summed E-state index contributed by atoms with van der Waals surface area (Å²) in [6.45, 7) is 0. The van der Waals surface area contributed by atoms with Gasteiger partial charge in [-0.1, -0.05) is 66.2 Å². The highest BCUT2D eigenvalue weighted by atomic mass is 35.5. The minimum absolute atomic E-state index is 0.0992. The van der Waals surface area contributed by atoms with Crippen LogP contribution in [0.25, 0.3) is 45.0 Å². The van der Waals surface area contributed by atoms with Gasteiger partial charge >= 0.3 is 11.9 Å². The Hall–Kier alpha value is -6.18. The van der Waals surface area contributed by atoms with Crippen molar-refractivity contribution in [1.82, 2.24) is 19.1 Å². The molecule has 1 fully saturated rings. The first-order valence-electron chi connectivity index (χ1n) is 16.8. The summed E-state index contributed by atoms with van der Waals surface area (Å²) in [4.78, 5) is 32.5. The Bertz CT molecular complexity index is 2350. The number of aromatic nitrogens is 4. The maximum Gasteiger partial charge on any atom is 0.336 e. The molecule has 2 aromatic heterocycles. The molecule has 0 atom stereocenters. The summed E-state index contributed by atoms with van der Waals surface area (Å²) in [5, 5.41) is 28.4. The molecule has 0 radical (unpaired) electrons. The summed E-state index contributed by atoms with van der Waals surface area (Å²) in [5.41, 5.74) is 6.44. The lowest BCUT2D eigenvalue weighted by molar-refractivity contribution is 0.0651. The molecule has 4 aromatic carbocycles. The topological polar surface area (TPSA) is 143 Å². The number of halogens is 1. The lowest BCUT2D eigenvalue weighted by Crippen LogP contribution is -2.24. The Labute approximate surface area is 305 Å². The number of carbonyl (C=O) groups is 2. The van der Waals surface area contributed by atoms with Crippen molar-refractivity contribution >= 4 is 23.5 Å². The van der Waals surface area contributed by atoms with Gasteiger partial charge in [0.2, 0.25) is 0 Å². The van der Waals surface area contributed by atoms with Crippen LogP contribution < -0.4 is 4.74 Å². The van der Waals surface area contributed by atoms with E-state index in [9.17, 15) is 19.8 Å². The molecule has 52 heavy (non-hydrogen) atoms. The Balaban J connectivity index is 1.01. The van der Waals surface area contributed by atoms with Gasteiger partial charge in [-0.2, -0.15) is 5.26 Å². The van der Waals surface area contributed by atoms with Crippen LogP contribution in [0, 0.1) is 11.3 Å². The highest BCUT2D eigenvalue weighted by Crippen LogP contribution is 2.37. The van der Waals surface area contributed by atoms with Crippen molar-refractivity contribution in [3.8, 4) is 56.8 Å². The number of rotatable bonds is 9. The fraction of sp³-hybridized carbons (Fsp3) is 0.195. The van der Waals surface area contributed by atoms with Gasteiger partial charge in [-0.3, -0.25) is 0 Å². The molecular weight excluding hydrogens is 678 g/mol. The van der Waals surface area contributed by atoms with E-state index in [4.69, 9.17) is 26.6 Å². The van der Waals surface area contributed by atoms with Gasteiger partial charge in [0.1, 0.15) is 23.5 Å². The van der Waals surface area contributed by atoms with Crippen LogP contribution >= 0.6 is 11.6 Å². The normalized spacial score (nSPS) is 15.6. The number of imidazole rings is 2. The minimum Gasteiger partial charge on any atom is -0.490 e. The molecule has 2 heterocycles. The average molecular weight is 712 g/mol. The van der Waals surface area contributed by atoms with E-state index in [1.165, 1.54) is 12.1 Å². The largest absolute Gasteiger partial charge is 0.490 e. The minimum atomic E-state index is -1.31. The van der Waals surface area contributed by atoms with Crippen molar-refractivity contribution in [3.63, 3.8) is 0 Å². The first-order chi connectivity index (χ1) is 25.1. The number of benzene rings is 4. The molecule has 0 unspecified atom stereocenters. The monoisotopic (exact) mass is 711 g/mol. The predicted molar refractivity (Wildman–Crippen MR) is 197 cm³/mol. The Kier molecular flexibility index (Phi) is 9.37. The molecule has 10 nitrogen and oxygen atoms in total. The third-order valence-electron chi connectivity index (χ3n) is 9.85. The van der Waals surface area contributed by atoms with Crippen molar-refractivity contribution in [2.75, 3.05) is 0 Å². The van der Waals surface area contributed by atoms with E-state index in [-0.39, 0.29) is 17.2 Å². The van der Waals surface area contributed by atoms with E-state index in [2.05, 4.69) is 59.1 Å².